The summed E-state index contributed by atoms with van der Waals surface area (Å²) >= 11 is 0. The highest BCUT2D eigenvalue weighted by Crippen LogP contribution is 2.20. The standard InChI is InChI=1S/C23H18F2N6O2/c1-2-33-22-28-31(23(32)29(22)13-15-5-3-4-6-20(15)25)18-7-8-21-16(9-18)14-30(27-21)19-10-17(24)11-26-12-19/h3-12,14H,2,13H2,1H3. The molecule has 0 amide bonds. The summed E-state index contributed by atoms with van der Waals surface area (Å²) < 4.78 is 37.2. The Morgan fingerprint density at radius 2 is 1.85 bits per heavy atom. The lowest BCUT2D eigenvalue weighted by atomic mass is 10.2. The number of hydrogen-bond donors (Lipinski definition) is 0. The third kappa shape index (κ3) is 3.86. The van der Waals surface area contributed by atoms with Gasteiger partial charge in [-0.3, -0.25) is 4.98 Å². The van der Waals surface area contributed by atoms with Crippen LogP contribution in [0.5, 0.6) is 6.01 Å². The van der Waals surface area contributed by atoms with E-state index in [0.29, 0.717) is 34.4 Å². The summed E-state index contributed by atoms with van der Waals surface area (Å²) in [7, 11) is 0. The van der Waals surface area contributed by atoms with Gasteiger partial charge in [-0.15, -0.1) is 5.10 Å². The normalized spacial score (nSPS) is 11.2. The maximum absolute atomic E-state index is 14.2. The third-order valence-corrected chi connectivity index (χ3v) is 5.08. The van der Waals surface area contributed by atoms with E-state index in [9.17, 15) is 13.6 Å². The van der Waals surface area contributed by atoms with Crippen molar-refractivity contribution < 1.29 is 13.5 Å². The van der Waals surface area contributed by atoms with Crippen LogP contribution in [0.3, 0.4) is 0 Å². The molecule has 0 fully saturated rings. The van der Waals surface area contributed by atoms with Crippen molar-refractivity contribution in [2.45, 2.75) is 13.5 Å². The molecule has 0 radical (unpaired) electrons. The first-order valence-electron chi connectivity index (χ1n) is 10.2. The first-order valence-corrected chi connectivity index (χ1v) is 10.2. The van der Waals surface area contributed by atoms with Gasteiger partial charge in [0.1, 0.15) is 11.6 Å². The molecule has 0 saturated carbocycles. The van der Waals surface area contributed by atoms with E-state index in [1.54, 1.807) is 49.5 Å². The van der Waals surface area contributed by atoms with Gasteiger partial charge < -0.3 is 4.74 Å². The molecule has 5 aromatic rings. The van der Waals surface area contributed by atoms with Gasteiger partial charge in [-0.1, -0.05) is 18.2 Å². The van der Waals surface area contributed by atoms with Crippen molar-refractivity contribution in [2.24, 2.45) is 0 Å². The molecule has 0 unspecified atom stereocenters. The molecule has 5 rings (SSSR count). The Kier molecular flexibility index (Phi) is 5.17. The van der Waals surface area contributed by atoms with E-state index >= 15 is 0 Å². The smallest absolute Gasteiger partial charge is 0.353 e. The molecule has 166 valence electrons. The average Bonchev–Trinajstić information content (AvgIpc) is 3.37. The number of benzene rings is 2. The van der Waals surface area contributed by atoms with Crippen LogP contribution in [0.1, 0.15) is 12.5 Å². The van der Waals surface area contributed by atoms with Gasteiger partial charge in [0.05, 0.1) is 42.4 Å². The molecule has 0 aliphatic rings. The largest absolute Gasteiger partial charge is 0.464 e. The minimum atomic E-state index is -0.470. The highest BCUT2D eigenvalue weighted by atomic mass is 19.1. The second kappa shape index (κ2) is 8.30. The number of pyridine rings is 1. The summed E-state index contributed by atoms with van der Waals surface area (Å²) in [4.78, 5) is 17.0. The van der Waals surface area contributed by atoms with Gasteiger partial charge in [0.25, 0.3) is 0 Å². The fourth-order valence-electron chi connectivity index (χ4n) is 3.52. The summed E-state index contributed by atoms with van der Waals surface area (Å²) in [5.41, 5.74) is 1.48. The molecule has 0 bridgehead atoms. The Hall–Kier alpha value is -4.34. The lowest BCUT2D eigenvalue weighted by molar-refractivity contribution is 0.296. The van der Waals surface area contributed by atoms with Gasteiger partial charge >= 0.3 is 11.7 Å². The van der Waals surface area contributed by atoms with Crippen molar-refractivity contribution in [3.05, 3.63) is 94.8 Å². The summed E-state index contributed by atoms with van der Waals surface area (Å²) in [6.45, 7) is 2.05. The third-order valence-electron chi connectivity index (χ3n) is 5.08. The molecule has 3 heterocycles. The van der Waals surface area contributed by atoms with Crippen LogP contribution in [0.15, 0.2) is 71.9 Å². The van der Waals surface area contributed by atoms with Gasteiger partial charge in [0.2, 0.25) is 0 Å². The monoisotopic (exact) mass is 448 g/mol. The van der Waals surface area contributed by atoms with E-state index in [4.69, 9.17) is 4.74 Å². The quantitative estimate of drug-likeness (QED) is 0.397. The fraction of sp³-hybridized carbons (Fsp3) is 0.130. The number of halogens is 2. The second-order valence-corrected chi connectivity index (χ2v) is 7.27. The van der Waals surface area contributed by atoms with Crippen molar-refractivity contribution in [2.75, 3.05) is 6.61 Å². The van der Waals surface area contributed by atoms with E-state index in [1.165, 1.54) is 32.3 Å². The van der Waals surface area contributed by atoms with Gasteiger partial charge in [0, 0.05) is 23.2 Å². The van der Waals surface area contributed by atoms with Crippen molar-refractivity contribution in [1.82, 2.24) is 29.1 Å². The highest BCUT2D eigenvalue weighted by molar-refractivity contribution is 5.80. The van der Waals surface area contributed by atoms with Crippen LogP contribution in [-0.2, 0) is 6.54 Å². The lowest BCUT2D eigenvalue weighted by Crippen LogP contribution is -2.25. The number of aromatic nitrogens is 6. The summed E-state index contributed by atoms with van der Waals surface area (Å²) in [5, 5.41) is 9.46. The molecule has 0 atom stereocenters. The van der Waals surface area contributed by atoms with Crippen LogP contribution in [0.4, 0.5) is 8.78 Å². The highest BCUT2D eigenvalue weighted by Gasteiger charge is 2.18. The Bertz CT molecular complexity index is 1520. The molecule has 3 aromatic heterocycles. The first kappa shape index (κ1) is 20.6. The molecule has 10 heteroatoms. The average molecular weight is 448 g/mol. The van der Waals surface area contributed by atoms with Crippen molar-refractivity contribution >= 4 is 10.9 Å². The minimum absolute atomic E-state index is 0.0202. The lowest BCUT2D eigenvalue weighted by Gasteiger charge is -2.06. The molecule has 33 heavy (non-hydrogen) atoms. The molecular formula is C23H18F2N6O2. The van der Waals surface area contributed by atoms with Crippen LogP contribution in [0, 0.1) is 11.6 Å². The van der Waals surface area contributed by atoms with Crippen molar-refractivity contribution in [3.63, 3.8) is 0 Å². The Morgan fingerprint density at radius 3 is 2.64 bits per heavy atom. The van der Waals surface area contributed by atoms with E-state index in [2.05, 4.69) is 15.2 Å². The van der Waals surface area contributed by atoms with Gasteiger partial charge in [-0.2, -0.15) is 9.78 Å². The number of fused-ring (bicyclic) bond motifs is 1. The number of nitrogens with zero attached hydrogens (tertiary/aromatic N) is 6. The maximum atomic E-state index is 14.2. The zero-order chi connectivity index (χ0) is 22.9. The van der Waals surface area contributed by atoms with Crippen LogP contribution in [0.25, 0.3) is 22.3 Å². The summed E-state index contributed by atoms with van der Waals surface area (Å²) in [6, 6.07) is 12.8. The Labute approximate surface area is 186 Å². The van der Waals surface area contributed by atoms with Crippen LogP contribution in [-0.4, -0.2) is 35.7 Å². The molecule has 0 saturated heterocycles. The van der Waals surface area contributed by atoms with E-state index in [1.807, 2.05) is 0 Å². The van der Waals surface area contributed by atoms with Gasteiger partial charge in [-0.25, -0.2) is 22.8 Å². The summed E-state index contributed by atoms with van der Waals surface area (Å²) in [6.07, 6.45) is 4.32. The Morgan fingerprint density at radius 1 is 1.00 bits per heavy atom. The maximum Gasteiger partial charge on any atom is 0.353 e. The zero-order valence-electron chi connectivity index (χ0n) is 17.5. The molecule has 2 aromatic carbocycles. The Balaban J connectivity index is 1.56. The SMILES string of the molecule is CCOc1nn(-c2ccc3nn(-c4cncc(F)c4)cc3c2)c(=O)n1Cc1ccccc1F. The van der Waals surface area contributed by atoms with Crippen LogP contribution < -0.4 is 10.4 Å². The van der Waals surface area contributed by atoms with Gasteiger partial charge in [0.15, 0.2) is 0 Å². The topological polar surface area (TPSA) is 79.8 Å². The number of rotatable bonds is 6. The molecule has 0 N–H and O–H groups in total. The zero-order valence-corrected chi connectivity index (χ0v) is 17.5. The summed E-state index contributed by atoms with van der Waals surface area (Å²) in [5.74, 6) is -0.886. The van der Waals surface area contributed by atoms with Crippen LogP contribution >= 0.6 is 0 Å². The van der Waals surface area contributed by atoms with E-state index in [0.717, 1.165) is 6.20 Å². The minimum Gasteiger partial charge on any atom is -0.464 e. The molecule has 0 aliphatic heterocycles. The number of ether oxygens (including phenoxy) is 1. The van der Waals surface area contributed by atoms with Crippen molar-refractivity contribution in [3.8, 4) is 17.4 Å². The number of hydrogen-bond acceptors (Lipinski definition) is 5. The molecular weight excluding hydrogens is 430 g/mol. The first-order chi connectivity index (χ1) is 16.0. The van der Waals surface area contributed by atoms with Gasteiger partial charge in [-0.05, 0) is 31.2 Å². The molecule has 8 nitrogen and oxygen atoms in total. The predicted molar refractivity (Wildman–Crippen MR) is 117 cm³/mol. The fourth-order valence-corrected chi connectivity index (χ4v) is 3.52. The molecule has 0 aliphatic carbocycles. The predicted octanol–water partition coefficient (Wildman–Crippen LogP) is 3.49. The van der Waals surface area contributed by atoms with E-state index < -0.39 is 17.3 Å². The molecule has 0 spiro atoms. The van der Waals surface area contributed by atoms with Crippen LogP contribution in [0.2, 0.25) is 0 Å². The van der Waals surface area contributed by atoms with E-state index in [-0.39, 0.29) is 12.6 Å². The van der Waals surface area contributed by atoms with Crippen molar-refractivity contribution in [1.29, 1.82) is 0 Å². The second-order valence-electron chi connectivity index (χ2n) is 7.27.